The smallest absolute Gasteiger partial charge is 0.255 e. The second-order valence-electron chi connectivity index (χ2n) is 4.86. The van der Waals surface area contributed by atoms with E-state index in [9.17, 15) is 13.2 Å². The van der Waals surface area contributed by atoms with Crippen LogP contribution in [0.2, 0.25) is 0 Å². The lowest BCUT2D eigenvalue weighted by Gasteiger charge is -2.16. The van der Waals surface area contributed by atoms with Crippen molar-refractivity contribution in [3.63, 3.8) is 0 Å². The Morgan fingerprint density at radius 3 is 2.75 bits per heavy atom. The highest BCUT2D eigenvalue weighted by Gasteiger charge is 2.17. The molecule has 0 aliphatic heterocycles. The zero-order chi connectivity index (χ0) is 14.9. The number of aromatic amines is 1. The van der Waals surface area contributed by atoms with E-state index in [1.807, 2.05) is 0 Å². The molecular weight excluding hydrogens is 278 g/mol. The van der Waals surface area contributed by atoms with Crippen molar-refractivity contribution in [2.45, 2.75) is 0 Å². The minimum absolute atomic E-state index is 0.0510. The van der Waals surface area contributed by atoms with Crippen molar-refractivity contribution in [1.29, 1.82) is 0 Å². The molecule has 3 N–H and O–H groups in total. The van der Waals surface area contributed by atoms with Crippen molar-refractivity contribution >= 4 is 32.3 Å². The van der Waals surface area contributed by atoms with Crippen LogP contribution in [-0.4, -0.2) is 49.8 Å². The first-order valence-corrected chi connectivity index (χ1v) is 8.14. The molecule has 1 amide bonds. The second kappa shape index (κ2) is 5.16. The van der Waals surface area contributed by atoms with Gasteiger partial charge in [0.05, 0.1) is 11.3 Å². The van der Waals surface area contributed by atoms with Gasteiger partial charge in [-0.1, -0.05) is 0 Å². The molecule has 0 saturated carbocycles. The maximum atomic E-state index is 12.3. The molecular formula is C13H17N3O3S. The van der Waals surface area contributed by atoms with Gasteiger partial charge in [-0.25, -0.2) is 8.42 Å². The predicted octanol–water partition coefficient (Wildman–Crippen LogP) is 0.867. The monoisotopic (exact) mass is 295 g/mol. The summed E-state index contributed by atoms with van der Waals surface area (Å²) >= 11 is 0. The van der Waals surface area contributed by atoms with Crippen molar-refractivity contribution in [1.82, 2.24) is 9.88 Å². The Hall–Kier alpha value is -2.02. The summed E-state index contributed by atoms with van der Waals surface area (Å²) in [6, 6.07) is 5.25. The molecule has 2 aromatic rings. The van der Waals surface area contributed by atoms with Crippen LogP contribution in [0, 0.1) is 0 Å². The van der Waals surface area contributed by atoms with Crippen LogP contribution in [0.4, 0.5) is 5.69 Å². The molecule has 0 aliphatic carbocycles. The number of nitrogens with zero attached hydrogens (tertiary/aromatic N) is 1. The molecule has 0 saturated heterocycles. The lowest BCUT2D eigenvalue weighted by molar-refractivity contribution is 0.0805. The molecule has 0 bridgehead atoms. The van der Waals surface area contributed by atoms with Gasteiger partial charge in [-0.05, 0) is 18.2 Å². The second-order valence-corrected chi connectivity index (χ2v) is 7.12. The Kier molecular flexibility index (Phi) is 3.71. The molecule has 0 aliphatic rings. The number of nitrogens with one attached hydrogen (secondary N) is 1. The largest absolute Gasteiger partial charge is 0.399 e. The molecule has 0 radical (unpaired) electrons. The van der Waals surface area contributed by atoms with Gasteiger partial charge in [0.2, 0.25) is 0 Å². The standard InChI is InChI=1S/C13H17N3O3S/c1-16(5-6-20(2,18)19)13(17)11-8-15-12-7-9(14)3-4-10(11)12/h3-4,7-8,15H,5-6,14H2,1-2H3. The summed E-state index contributed by atoms with van der Waals surface area (Å²) in [5.41, 5.74) is 7.59. The highest BCUT2D eigenvalue weighted by molar-refractivity contribution is 7.90. The fourth-order valence-electron chi connectivity index (χ4n) is 1.93. The summed E-state index contributed by atoms with van der Waals surface area (Å²) < 4.78 is 22.3. The van der Waals surface area contributed by atoms with Crippen LogP contribution in [0.15, 0.2) is 24.4 Å². The number of sulfone groups is 1. The van der Waals surface area contributed by atoms with Crippen LogP contribution in [-0.2, 0) is 9.84 Å². The van der Waals surface area contributed by atoms with E-state index in [1.54, 1.807) is 31.4 Å². The molecule has 1 aromatic carbocycles. The van der Waals surface area contributed by atoms with E-state index in [0.717, 1.165) is 17.2 Å². The SMILES string of the molecule is CN(CCS(C)(=O)=O)C(=O)c1c[nH]c2cc(N)ccc12. The first kappa shape index (κ1) is 14.4. The third-order valence-electron chi connectivity index (χ3n) is 3.08. The zero-order valence-corrected chi connectivity index (χ0v) is 12.2. The maximum absolute atomic E-state index is 12.3. The van der Waals surface area contributed by atoms with Gasteiger partial charge in [-0.15, -0.1) is 0 Å². The van der Waals surface area contributed by atoms with Crippen LogP contribution in [0.5, 0.6) is 0 Å². The van der Waals surface area contributed by atoms with E-state index in [2.05, 4.69) is 4.98 Å². The first-order valence-electron chi connectivity index (χ1n) is 6.08. The molecule has 0 unspecified atom stereocenters. The van der Waals surface area contributed by atoms with E-state index in [0.29, 0.717) is 11.3 Å². The molecule has 7 heteroatoms. The van der Waals surface area contributed by atoms with E-state index in [-0.39, 0.29) is 18.2 Å². The fourth-order valence-corrected chi connectivity index (χ4v) is 2.54. The third kappa shape index (κ3) is 3.11. The van der Waals surface area contributed by atoms with Gasteiger partial charge in [0, 0.05) is 42.6 Å². The highest BCUT2D eigenvalue weighted by atomic mass is 32.2. The summed E-state index contributed by atoms with van der Waals surface area (Å²) in [5, 5.41) is 0.774. The maximum Gasteiger partial charge on any atom is 0.255 e. The fraction of sp³-hybridized carbons (Fsp3) is 0.308. The number of benzene rings is 1. The summed E-state index contributed by atoms with van der Waals surface area (Å²) in [7, 11) is -1.50. The lowest BCUT2D eigenvalue weighted by Crippen LogP contribution is -2.31. The van der Waals surface area contributed by atoms with Crippen LogP contribution < -0.4 is 5.73 Å². The van der Waals surface area contributed by atoms with E-state index < -0.39 is 9.84 Å². The van der Waals surface area contributed by atoms with Gasteiger partial charge in [-0.3, -0.25) is 4.79 Å². The van der Waals surface area contributed by atoms with Crippen molar-refractivity contribution in [3.8, 4) is 0 Å². The molecule has 1 aromatic heterocycles. The minimum atomic E-state index is -3.09. The van der Waals surface area contributed by atoms with E-state index in [4.69, 9.17) is 5.73 Å². The zero-order valence-electron chi connectivity index (χ0n) is 11.4. The molecule has 20 heavy (non-hydrogen) atoms. The predicted molar refractivity (Wildman–Crippen MR) is 79.4 cm³/mol. The lowest BCUT2D eigenvalue weighted by atomic mass is 10.1. The number of hydrogen-bond donors (Lipinski definition) is 2. The summed E-state index contributed by atoms with van der Waals surface area (Å²) in [6.45, 7) is 0.166. The Morgan fingerprint density at radius 1 is 1.40 bits per heavy atom. The van der Waals surface area contributed by atoms with Crippen LogP contribution in [0.1, 0.15) is 10.4 Å². The Balaban J connectivity index is 2.23. The molecule has 108 valence electrons. The molecule has 0 fully saturated rings. The van der Waals surface area contributed by atoms with Crippen molar-refractivity contribution in [3.05, 3.63) is 30.0 Å². The molecule has 2 rings (SSSR count). The van der Waals surface area contributed by atoms with Gasteiger partial charge in [0.25, 0.3) is 5.91 Å². The van der Waals surface area contributed by atoms with Gasteiger partial charge < -0.3 is 15.6 Å². The van der Waals surface area contributed by atoms with E-state index >= 15 is 0 Å². The van der Waals surface area contributed by atoms with Gasteiger partial charge in [0.1, 0.15) is 9.84 Å². The normalized spacial score (nSPS) is 11.7. The van der Waals surface area contributed by atoms with E-state index in [1.165, 1.54) is 4.90 Å². The van der Waals surface area contributed by atoms with Gasteiger partial charge in [-0.2, -0.15) is 0 Å². The van der Waals surface area contributed by atoms with Crippen LogP contribution in [0.3, 0.4) is 0 Å². The Morgan fingerprint density at radius 2 is 2.10 bits per heavy atom. The first-order chi connectivity index (χ1) is 9.28. The quantitative estimate of drug-likeness (QED) is 0.818. The molecule has 6 nitrogen and oxygen atoms in total. The van der Waals surface area contributed by atoms with Crippen molar-refractivity contribution < 1.29 is 13.2 Å². The number of nitrogens with two attached hydrogens (primary N) is 1. The number of rotatable bonds is 4. The van der Waals surface area contributed by atoms with Gasteiger partial charge in [0.15, 0.2) is 0 Å². The number of fused-ring (bicyclic) bond motifs is 1. The van der Waals surface area contributed by atoms with Crippen LogP contribution >= 0.6 is 0 Å². The summed E-state index contributed by atoms with van der Waals surface area (Å²) in [5.74, 6) is -0.269. The summed E-state index contributed by atoms with van der Waals surface area (Å²) in [4.78, 5) is 16.7. The number of amides is 1. The number of nitrogen functional groups attached to an aromatic ring is 1. The molecule has 1 heterocycles. The number of carbonyl (C=O) groups is 1. The third-order valence-corrected chi connectivity index (χ3v) is 4.00. The minimum Gasteiger partial charge on any atom is -0.399 e. The number of anilines is 1. The summed E-state index contributed by atoms with van der Waals surface area (Å²) in [6.07, 6.45) is 2.77. The van der Waals surface area contributed by atoms with Crippen molar-refractivity contribution in [2.75, 3.05) is 31.3 Å². The average Bonchev–Trinajstić information content (AvgIpc) is 2.76. The number of aromatic nitrogens is 1. The number of carbonyl (C=O) groups excluding carboxylic acids is 1. The number of H-pyrrole nitrogens is 1. The number of hydrogen-bond acceptors (Lipinski definition) is 4. The van der Waals surface area contributed by atoms with Gasteiger partial charge >= 0.3 is 0 Å². The Labute approximate surface area is 117 Å². The molecule has 0 spiro atoms. The highest BCUT2D eigenvalue weighted by Crippen LogP contribution is 2.21. The molecule has 0 atom stereocenters. The van der Waals surface area contributed by atoms with Crippen LogP contribution in [0.25, 0.3) is 10.9 Å². The Bertz CT molecular complexity index is 749. The van der Waals surface area contributed by atoms with Crippen molar-refractivity contribution in [2.24, 2.45) is 0 Å². The average molecular weight is 295 g/mol. The topological polar surface area (TPSA) is 96.3 Å².